The summed E-state index contributed by atoms with van der Waals surface area (Å²) in [6.45, 7) is 3.24. The van der Waals surface area contributed by atoms with Gasteiger partial charge in [-0.1, -0.05) is 11.2 Å². The fourth-order valence-corrected chi connectivity index (χ4v) is 4.07. The Bertz CT molecular complexity index is 668. The zero-order valence-electron chi connectivity index (χ0n) is 14.4. The van der Waals surface area contributed by atoms with Crippen molar-refractivity contribution in [3.05, 3.63) is 39.9 Å². The third kappa shape index (κ3) is 3.62. The number of nitrogens with one attached hydrogen (secondary N) is 1. The predicted octanol–water partition coefficient (Wildman–Crippen LogP) is 3.19. The molecule has 1 aliphatic heterocycles. The molecule has 3 heterocycles. The van der Waals surface area contributed by atoms with Crippen molar-refractivity contribution < 1.29 is 9.32 Å². The molecule has 2 unspecified atom stereocenters. The highest BCUT2D eigenvalue weighted by atomic mass is 32.1. The van der Waals surface area contributed by atoms with Gasteiger partial charge in [0.1, 0.15) is 0 Å². The Labute approximate surface area is 146 Å². The Kier molecular flexibility index (Phi) is 5.20. The van der Waals surface area contributed by atoms with E-state index in [9.17, 15) is 4.79 Å². The number of thiophene rings is 1. The molecule has 0 bridgehead atoms. The van der Waals surface area contributed by atoms with Gasteiger partial charge in [-0.3, -0.25) is 0 Å². The molecule has 7 heteroatoms. The second kappa shape index (κ2) is 7.36. The number of hydrogen-bond donors (Lipinski definition) is 1. The summed E-state index contributed by atoms with van der Waals surface area (Å²) >= 11 is 1.71. The SMILES string of the molecule is Cc1cc(C2CCCN2C(=O)NCC(c2cccs2)N(C)C)on1. The van der Waals surface area contributed by atoms with Gasteiger partial charge < -0.3 is 19.6 Å². The number of nitrogens with zero attached hydrogens (tertiary/aromatic N) is 3. The van der Waals surface area contributed by atoms with Crippen LogP contribution < -0.4 is 5.32 Å². The molecule has 3 rings (SSSR count). The van der Waals surface area contributed by atoms with Crippen molar-refractivity contribution in [3.63, 3.8) is 0 Å². The van der Waals surface area contributed by atoms with E-state index in [2.05, 4.69) is 26.8 Å². The number of hydrogen-bond acceptors (Lipinski definition) is 5. The van der Waals surface area contributed by atoms with E-state index in [-0.39, 0.29) is 18.1 Å². The lowest BCUT2D eigenvalue weighted by molar-refractivity contribution is 0.178. The monoisotopic (exact) mass is 348 g/mol. The van der Waals surface area contributed by atoms with Gasteiger partial charge in [0, 0.05) is 24.0 Å². The zero-order chi connectivity index (χ0) is 17.1. The molecule has 2 atom stereocenters. The van der Waals surface area contributed by atoms with Crippen molar-refractivity contribution in [2.75, 3.05) is 27.2 Å². The zero-order valence-corrected chi connectivity index (χ0v) is 15.2. The molecule has 24 heavy (non-hydrogen) atoms. The molecule has 0 spiro atoms. The summed E-state index contributed by atoms with van der Waals surface area (Å²) in [6.07, 6.45) is 1.91. The normalized spacial score (nSPS) is 19.0. The fraction of sp³-hybridized carbons (Fsp3) is 0.529. The number of urea groups is 1. The number of carbonyl (C=O) groups excluding carboxylic acids is 1. The van der Waals surface area contributed by atoms with Crippen LogP contribution in [0, 0.1) is 6.92 Å². The first-order valence-electron chi connectivity index (χ1n) is 8.24. The van der Waals surface area contributed by atoms with Gasteiger partial charge in [-0.2, -0.15) is 0 Å². The molecule has 6 nitrogen and oxygen atoms in total. The number of likely N-dealkylation sites (N-methyl/N-ethyl adjacent to an activating group) is 1. The van der Waals surface area contributed by atoms with Crippen LogP contribution in [0.2, 0.25) is 0 Å². The van der Waals surface area contributed by atoms with Crippen molar-refractivity contribution in [2.24, 2.45) is 0 Å². The van der Waals surface area contributed by atoms with E-state index < -0.39 is 0 Å². The third-order valence-corrected chi connectivity index (χ3v) is 5.40. The molecular weight excluding hydrogens is 324 g/mol. The highest BCUT2D eigenvalue weighted by Crippen LogP contribution is 2.32. The molecule has 1 fully saturated rings. The van der Waals surface area contributed by atoms with Crippen LogP contribution >= 0.6 is 11.3 Å². The van der Waals surface area contributed by atoms with E-state index in [1.165, 1.54) is 4.88 Å². The lowest BCUT2D eigenvalue weighted by Gasteiger charge is -2.27. The fourth-order valence-electron chi connectivity index (χ4n) is 3.15. The first kappa shape index (κ1) is 17.0. The van der Waals surface area contributed by atoms with Crippen LogP contribution in [0.25, 0.3) is 0 Å². The van der Waals surface area contributed by atoms with E-state index in [1.54, 1.807) is 11.3 Å². The molecule has 2 aromatic rings. The van der Waals surface area contributed by atoms with Crippen LogP contribution in [0.3, 0.4) is 0 Å². The second-order valence-electron chi connectivity index (χ2n) is 6.40. The molecule has 0 radical (unpaired) electrons. The molecule has 0 aromatic carbocycles. The van der Waals surface area contributed by atoms with Gasteiger partial charge in [-0.15, -0.1) is 11.3 Å². The van der Waals surface area contributed by atoms with Crippen molar-refractivity contribution >= 4 is 17.4 Å². The predicted molar refractivity (Wildman–Crippen MR) is 94.1 cm³/mol. The first-order chi connectivity index (χ1) is 11.6. The maximum atomic E-state index is 12.7. The summed E-state index contributed by atoms with van der Waals surface area (Å²) in [5.74, 6) is 0.780. The summed E-state index contributed by atoms with van der Waals surface area (Å²) in [4.78, 5) is 17.9. The quantitative estimate of drug-likeness (QED) is 0.901. The van der Waals surface area contributed by atoms with Gasteiger partial charge >= 0.3 is 6.03 Å². The van der Waals surface area contributed by atoms with Gasteiger partial charge in [0.2, 0.25) is 0 Å². The van der Waals surface area contributed by atoms with Crippen LogP contribution in [0.4, 0.5) is 4.79 Å². The van der Waals surface area contributed by atoms with Crippen LogP contribution in [0.1, 0.15) is 41.3 Å². The number of carbonyl (C=O) groups is 1. The van der Waals surface area contributed by atoms with Crippen molar-refractivity contribution in [3.8, 4) is 0 Å². The lowest BCUT2D eigenvalue weighted by Crippen LogP contribution is -2.42. The summed E-state index contributed by atoms with van der Waals surface area (Å²) < 4.78 is 5.37. The molecular formula is C17H24N4O2S. The Morgan fingerprint density at radius 1 is 1.58 bits per heavy atom. The van der Waals surface area contributed by atoms with Crippen molar-refractivity contribution in [1.82, 2.24) is 20.3 Å². The molecule has 1 N–H and O–H groups in total. The van der Waals surface area contributed by atoms with E-state index >= 15 is 0 Å². The number of aromatic nitrogens is 1. The highest BCUT2D eigenvalue weighted by Gasteiger charge is 2.33. The molecule has 2 aromatic heterocycles. The highest BCUT2D eigenvalue weighted by molar-refractivity contribution is 7.10. The standard InChI is InChI=1S/C17H24N4O2S/c1-12-10-15(23-19-12)13-6-4-8-21(13)17(22)18-11-14(20(2)3)16-7-5-9-24-16/h5,7,9-10,13-14H,4,6,8,11H2,1-3H3,(H,18,22). The van der Waals surface area contributed by atoms with Gasteiger partial charge in [0.15, 0.2) is 5.76 Å². The lowest BCUT2D eigenvalue weighted by atomic mass is 10.1. The number of aryl methyl sites for hydroxylation is 1. The Morgan fingerprint density at radius 3 is 3.04 bits per heavy atom. The molecule has 0 saturated carbocycles. The van der Waals surface area contributed by atoms with Crippen LogP contribution in [-0.4, -0.2) is 48.2 Å². The smallest absolute Gasteiger partial charge is 0.318 e. The summed E-state index contributed by atoms with van der Waals surface area (Å²) in [6, 6.07) is 6.21. The van der Waals surface area contributed by atoms with Crippen LogP contribution in [0.15, 0.2) is 28.1 Å². The second-order valence-corrected chi connectivity index (χ2v) is 7.38. The summed E-state index contributed by atoms with van der Waals surface area (Å²) in [5, 5.41) is 9.10. The summed E-state index contributed by atoms with van der Waals surface area (Å²) in [5.41, 5.74) is 0.850. The molecule has 130 valence electrons. The minimum Gasteiger partial charge on any atom is -0.359 e. The Morgan fingerprint density at radius 2 is 2.42 bits per heavy atom. The maximum absolute atomic E-state index is 12.7. The van der Waals surface area contributed by atoms with E-state index in [0.717, 1.165) is 30.8 Å². The van der Waals surface area contributed by atoms with Crippen molar-refractivity contribution in [1.29, 1.82) is 0 Å². The third-order valence-electron chi connectivity index (χ3n) is 4.43. The van der Waals surface area contributed by atoms with Gasteiger partial charge in [0.05, 0.1) is 17.8 Å². The average molecular weight is 348 g/mol. The van der Waals surface area contributed by atoms with E-state index in [0.29, 0.717) is 6.54 Å². The van der Waals surface area contributed by atoms with Gasteiger partial charge in [0.25, 0.3) is 0 Å². The number of likely N-dealkylation sites (tertiary alicyclic amines) is 1. The molecule has 1 saturated heterocycles. The topological polar surface area (TPSA) is 61.6 Å². The molecule has 2 amide bonds. The Hall–Kier alpha value is -1.86. The average Bonchev–Trinajstić information content (AvgIpc) is 3.27. The summed E-state index contributed by atoms with van der Waals surface area (Å²) in [7, 11) is 4.07. The first-order valence-corrected chi connectivity index (χ1v) is 9.11. The van der Waals surface area contributed by atoms with Crippen molar-refractivity contribution in [2.45, 2.75) is 31.8 Å². The largest absolute Gasteiger partial charge is 0.359 e. The maximum Gasteiger partial charge on any atom is 0.318 e. The minimum atomic E-state index is -0.0324. The van der Waals surface area contributed by atoms with Crippen LogP contribution in [0.5, 0.6) is 0 Å². The Balaban J connectivity index is 1.63. The number of amides is 2. The number of rotatable bonds is 5. The van der Waals surface area contributed by atoms with E-state index in [1.807, 2.05) is 38.1 Å². The minimum absolute atomic E-state index is 0.00857. The van der Waals surface area contributed by atoms with Gasteiger partial charge in [-0.25, -0.2) is 4.79 Å². The molecule has 1 aliphatic rings. The van der Waals surface area contributed by atoms with Gasteiger partial charge in [-0.05, 0) is 45.3 Å². The van der Waals surface area contributed by atoms with E-state index in [4.69, 9.17) is 4.52 Å². The molecule has 0 aliphatic carbocycles. The van der Waals surface area contributed by atoms with Crippen LogP contribution in [-0.2, 0) is 0 Å².